The van der Waals surface area contributed by atoms with Crippen LogP contribution >= 0.6 is 0 Å². The fraction of sp³-hybridized carbons (Fsp3) is 0.188. The Kier molecular flexibility index (Phi) is 5.04. The van der Waals surface area contributed by atoms with E-state index in [1.54, 1.807) is 12.1 Å². The molecule has 0 fully saturated rings. The van der Waals surface area contributed by atoms with Crippen LogP contribution < -0.4 is 14.8 Å². The van der Waals surface area contributed by atoms with Gasteiger partial charge in [-0.1, -0.05) is 18.2 Å². The minimum Gasteiger partial charge on any atom is -0.497 e. The van der Waals surface area contributed by atoms with Crippen molar-refractivity contribution < 1.29 is 19.4 Å². The molecule has 0 radical (unpaired) electrons. The van der Waals surface area contributed by atoms with Gasteiger partial charge in [0.25, 0.3) is 0 Å². The summed E-state index contributed by atoms with van der Waals surface area (Å²) in [5.74, 6) is 0.402. The third-order valence-electron chi connectivity index (χ3n) is 2.89. The van der Waals surface area contributed by atoms with Gasteiger partial charge in [0, 0.05) is 12.6 Å². The second kappa shape index (κ2) is 7.19. The van der Waals surface area contributed by atoms with Crippen LogP contribution in [0.1, 0.15) is 10.4 Å². The molecule has 21 heavy (non-hydrogen) atoms. The van der Waals surface area contributed by atoms with E-state index >= 15 is 0 Å². The third-order valence-corrected chi connectivity index (χ3v) is 2.89. The summed E-state index contributed by atoms with van der Waals surface area (Å²) in [4.78, 5) is 11.2. The average molecular weight is 287 g/mol. The monoisotopic (exact) mass is 287 g/mol. The predicted molar refractivity (Wildman–Crippen MR) is 80.4 cm³/mol. The number of rotatable bonds is 7. The van der Waals surface area contributed by atoms with Gasteiger partial charge in [-0.25, -0.2) is 4.79 Å². The fourth-order valence-electron chi connectivity index (χ4n) is 1.85. The number of anilines is 1. The van der Waals surface area contributed by atoms with E-state index in [1.807, 2.05) is 30.3 Å². The Morgan fingerprint density at radius 1 is 1.14 bits per heavy atom. The highest BCUT2D eigenvalue weighted by molar-refractivity contribution is 5.94. The molecule has 0 aliphatic carbocycles. The molecular weight excluding hydrogens is 270 g/mol. The lowest BCUT2D eigenvalue weighted by Crippen LogP contribution is -2.14. The van der Waals surface area contributed by atoms with Gasteiger partial charge in [0.2, 0.25) is 0 Å². The quantitative estimate of drug-likeness (QED) is 0.766. The summed E-state index contributed by atoms with van der Waals surface area (Å²) in [5, 5.41) is 12.2. The van der Waals surface area contributed by atoms with Crippen molar-refractivity contribution in [2.24, 2.45) is 0 Å². The molecular formula is C16H17NO4. The molecule has 110 valence electrons. The number of carbonyl (C=O) groups is 1. The fourth-order valence-corrected chi connectivity index (χ4v) is 1.85. The highest BCUT2D eigenvalue weighted by Crippen LogP contribution is 2.22. The Bertz CT molecular complexity index is 598. The Morgan fingerprint density at radius 2 is 1.90 bits per heavy atom. The molecule has 0 atom stereocenters. The van der Waals surface area contributed by atoms with Gasteiger partial charge in [-0.3, -0.25) is 0 Å². The van der Waals surface area contributed by atoms with Crippen molar-refractivity contribution in [3.8, 4) is 11.5 Å². The van der Waals surface area contributed by atoms with Gasteiger partial charge >= 0.3 is 5.97 Å². The molecule has 0 amide bonds. The number of carboxylic acid groups (broad SMARTS) is 1. The molecule has 0 aromatic heterocycles. The zero-order chi connectivity index (χ0) is 15.1. The summed E-state index contributed by atoms with van der Waals surface area (Å²) in [6, 6.07) is 14.2. The maximum atomic E-state index is 11.2. The Hall–Kier alpha value is -2.69. The van der Waals surface area contributed by atoms with E-state index in [1.165, 1.54) is 13.2 Å². The second-order valence-corrected chi connectivity index (χ2v) is 4.30. The SMILES string of the molecule is COc1ccc(C(=O)O)c(NCCOc2ccccc2)c1. The van der Waals surface area contributed by atoms with Crippen molar-refractivity contribution in [2.45, 2.75) is 0 Å². The smallest absolute Gasteiger partial charge is 0.337 e. The summed E-state index contributed by atoms with van der Waals surface area (Å²) in [6.45, 7) is 0.919. The van der Waals surface area contributed by atoms with Crippen LogP contribution in [0.25, 0.3) is 0 Å². The van der Waals surface area contributed by atoms with E-state index in [2.05, 4.69) is 5.32 Å². The van der Waals surface area contributed by atoms with Gasteiger partial charge in [-0.05, 0) is 24.3 Å². The van der Waals surface area contributed by atoms with Gasteiger partial charge < -0.3 is 19.9 Å². The normalized spacial score (nSPS) is 9.95. The third kappa shape index (κ3) is 4.14. The van der Waals surface area contributed by atoms with Crippen LogP contribution in [0.3, 0.4) is 0 Å². The van der Waals surface area contributed by atoms with Crippen molar-refractivity contribution in [3.63, 3.8) is 0 Å². The molecule has 2 aromatic rings. The highest BCUT2D eigenvalue weighted by Gasteiger charge is 2.10. The molecule has 0 saturated carbocycles. The van der Waals surface area contributed by atoms with Crippen LogP contribution in [0.5, 0.6) is 11.5 Å². The topological polar surface area (TPSA) is 67.8 Å². The first-order valence-corrected chi connectivity index (χ1v) is 6.54. The number of aromatic carboxylic acids is 1. The number of ether oxygens (including phenoxy) is 2. The maximum Gasteiger partial charge on any atom is 0.337 e. The average Bonchev–Trinajstić information content (AvgIpc) is 2.52. The van der Waals surface area contributed by atoms with E-state index in [0.717, 1.165) is 5.75 Å². The van der Waals surface area contributed by atoms with Crippen molar-refractivity contribution in [3.05, 3.63) is 54.1 Å². The Balaban J connectivity index is 1.94. The first-order valence-electron chi connectivity index (χ1n) is 6.54. The van der Waals surface area contributed by atoms with Crippen LogP contribution in [0.4, 0.5) is 5.69 Å². The van der Waals surface area contributed by atoms with Gasteiger partial charge in [0.05, 0.1) is 18.4 Å². The molecule has 0 aliphatic heterocycles. The van der Waals surface area contributed by atoms with Gasteiger partial charge in [0.1, 0.15) is 18.1 Å². The molecule has 0 heterocycles. The molecule has 2 aromatic carbocycles. The largest absolute Gasteiger partial charge is 0.497 e. The molecule has 2 N–H and O–H groups in total. The molecule has 0 unspecified atom stereocenters. The number of hydrogen-bond acceptors (Lipinski definition) is 4. The molecule has 5 nitrogen and oxygen atoms in total. The van der Waals surface area contributed by atoms with Crippen molar-refractivity contribution >= 4 is 11.7 Å². The molecule has 0 aliphatic rings. The number of carboxylic acids is 1. The molecule has 0 saturated heterocycles. The van der Waals surface area contributed by atoms with Gasteiger partial charge in [0.15, 0.2) is 0 Å². The number of methoxy groups -OCH3 is 1. The summed E-state index contributed by atoms with van der Waals surface area (Å²) < 4.78 is 10.6. The summed E-state index contributed by atoms with van der Waals surface area (Å²) >= 11 is 0. The first kappa shape index (κ1) is 14.7. The van der Waals surface area contributed by atoms with Crippen LogP contribution in [0, 0.1) is 0 Å². The van der Waals surface area contributed by atoms with E-state index in [0.29, 0.717) is 24.6 Å². The molecule has 2 rings (SSSR count). The number of benzene rings is 2. The van der Waals surface area contributed by atoms with Crippen molar-refractivity contribution in [1.29, 1.82) is 0 Å². The molecule has 0 bridgehead atoms. The second-order valence-electron chi connectivity index (χ2n) is 4.30. The number of nitrogens with one attached hydrogen (secondary N) is 1. The highest BCUT2D eigenvalue weighted by atomic mass is 16.5. The molecule has 0 spiro atoms. The van der Waals surface area contributed by atoms with Gasteiger partial charge in [-0.2, -0.15) is 0 Å². The zero-order valence-electron chi connectivity index (χ0n) is 11.7. The first-order chi connectivity index (χ1) is 10.2. The Morgan fingerprint density at radius 3 is 2.57 bits per heavy atom. The van der Waals surface area contributed by atoms with E-state index < -0.39 is 5.97 Å². The van der Waals surface area contributed by atoms with E-state index in [4.69, 9.17) is 14.6 Å². The van der Waals surface area contributed by atoms with Crippen LogP contribution in [-0.2, 0) is 0 Å². The van der Waals surface area contributed by atoms with Crippen LogP contribution in [-0.4, -0.2) is 31.3 Å². The van der Waals surface area contributed by atoms with Crippen LogP contribution in [0.2, 0.25) is 0 Å². The van der Waals surface area contributed by atoms with Crippen molar-refractivity contribution in [2.75, 3.05) is 25.6 Å². The lowest BCUT2D eigenvalue weighted by molar-refractivity contribution is 0.0698. The summed E-state index contributed by atoms with van der Waals surface area (Å²) in [5.41, 5.74) is 0.717. The Labute approximate surface area is 123 Å². The summed E-state index contributed by atoms with van der Waals surface area (Å²) in [6.07, 6.45) is 0. The van der Waals surface area contributed by atoms with E-state index in [-0.39, 0.29) is 5.56 Å². The number of para-hydroxylation sites is 1. The lowest BCUT2D eigenvalue weighted by Gasteiger charge is -2.12. The minimum absolute atomic E-state index is 0.204. The van der Waals surface area contributed by atoms with Gasteiger partial charge in [-0.15, -0.1) is 0 Å². The molecule has 5 heteroatoms. The van der Waals surface area contributed by atoms with Crippen molar-refractivity contribution in [1.82, 2.24) is 0 Å². The summed E-state index contributed by atoms with van der Waals surface area (Å²) in [7, 11) is 1.54. The predicted octanol–water partition coefficient (Wildman–Crippen LogP) is 2.88. The number of hydrogen-bond donors (Lipinski definition) is 2. The van der Waals surface area contributed by atoms with Crippen LogP contribution in [0.15, 0.2) is 48.5 Å². The standard InChI is InChI=1S/C16H17NO4/c1-20-13-7-8-14(16(18)19)15(11-13)17-9-10-21-12-5-3-2-4-6-12/h2-8,11,17H,9-10H2,1H3,(H,18,19). The maximum absolute atomic E-state index is 11.2. The van der Waals surface area contributed by atoms with E-state index in [9.17, 15) is 4.79 Å². The zero-order valence-corrected chi connectivity index (χ0v) is 11.7. The minimum atomic E-state index is -0.982. The lowest BCUT2D eigenvalue weighted by atomic mass is 10.1.